The average Bonchev–Trinajstić information content (AvgIpc) is 3.68. The maximum Gasteiger partial charge on any atom is 0.101 e. The third-order valence-electron chi connectivity index (χ3n) is 9.59. The molecule has 0 N–H and O–H groups in total. The third-order valence-corrected chi connectivity index (χ3v) is 10.7. The van der Waals surface area contributed by atoms with Gasteiger partial charge < -0.3 is 4.57 Å². The molecule has 2 aromatic heterocycles. The van der Waals surface area contributed by atoms with Crippen LogP contribution in [-0.2, 0) is 0 Å². The largest absolute Gasteiger partial charge is 0.307 e. The quantitative estimate of drug-likeness (QED) is 0.192. The van der Waals surface area contributed by atoms with Crippen LogP contribution in [0.4, 0.5) is 0 Å². The van der Waals surface area contributed by atoms with Gasteiger partial charge in [-0.2, -0.15) is 10.5 Å². The van der Waals surface area contributed by atoms with Crippen LogP contribution in [0.2, 0.25) is 0 Å². The van der Waals surface area contributed by atoms with E-state index in [9.17, 15) is 10.5 Å². The number of hydrogen-bond acceptors (Lipinski definition) is 3. The van der Waals surface area contributed by atoms with E-state index in [0.717, 1.165) is 44.5 Å². The Hall–Kier alpha value is -6.46. The van der Waals surface area contributed by atoms with E-state index in [1.165, 1.54) is 42.1 Å². The van der Waals surface area contributed by atoms with Crippen molar-refractivity contribution in [3.05, 3.63) is 162 Å². The summed E-state index contributed by atoms with van der Waals surface area (Å²) < 4.78 is 4.72. The van der Waals surface area contributed by atoms with Crippen LogP contribution >= 0.6 is 11.3 Å². The molecule has 4 heteroatoms. The van der Waals surface area contributed by atoms with Crippen molar-refractivity contribution in [2.45, 2.75) is 6.92 Å². The lowest BCUT2D eigenvalue weighted by atomic mass is 9.94. The highest BCUT2D eigenvalue weighted by atomic mass is 32.1. The van der Waals surface area contributed by atoms with E-state index < -0.39 is 0 Å². The predicted molar refractivity (Wildman–Crippen MR) is 204 cm³/mol. The van der Waals surface area contributed by atoms with Crippen LogP contribution < -0.4 is 0 Å². The monoisotopic (exact) mass is 641 g/mol. The van der Waals surface area contributed by atoms with Gasteiger partial charge in [-0.3, -0.25) is 0 Å². The van der Waals surface area contributed by atoms with Crippen LogP contribution in [0.1, 0.15) is 16.7 Å². The lowest BCUT2D eigenvalue weighted by Crippen LogP contribution is -2.00. The number of rotatable bonds is 4. The number of thiophene rings is 1. The SMILES string of the molecule is Cc1cc2c(cc1-c1cccc(-c3cccc(C#N)c3)c1)sc1ccc(-c3cccc(C#N)c3-n3c4ccccc4c4ccccc43)cc12. The first-order chi connectivity index (χ1) is 24.1. The maximum atomic E-state index is 10.4. The summed E-state index contributed by atoms with van der Waals surface area (Å²) in [5.74, 6) is 0. The molecule has 0 saturated heterocycles. The molecule has 228 valence electrons. The zero-order chi connectivity index (χ0) is 33.1. The Kier molecular flexibility index (Phi) is 6.66. The van der Waals surface area contributed by atoms with Crippen LogP contribution in [-0.4, -0.2) is 4.57 Å². The number of aryl methyl sites for hydroxylation is 1. The molecule has 0 unspecified atom stereocenters. The van der Waals surface area contributed by atoms with Crippen molar-refractivity contribution in [1.29, 1.82) is 10.5 Å². The number of aromatic nitrogens is 1. The van der Waals surface area contributed by atoms with Gasteiger partial charge in [-0.05, 0) is 101 Å². The fourth-order valence-corrected chi connectivity index (χ4v) is 8.42. The van der Waals surface area contributed by atoms with Gasteiger partial charge in [-0.15, -0.1) is 11.3 Å². The molecule has 9 aromatic rings. The van der Waals surface area contributed by atoms with E-state index in [0.29, 0.717) is 11.1 Å². The highest BCUT2D eigenvalue weighted by Crippen LogP contribution is 2.43. The Morgan fingerprint density at radius 2 is 1.14 bits per heavy atom. The zero-order valence-corrected chi connectivity index (χ0v) is 27.4. The van der Waals surface area contributed by atoms with E-state index >= 15 is 0 Å². The molecule has 0 atom stereocenters. The van der Waals surface area contributed by atoms with Crippen molar-refractivity contribution in [2.24, 2.45) is 0 Å². The topological polar surface area (TPSA) is 52.5 Å². The van der Waals surface area contributed by atoms with Crippen molar-refractivity contribution in [2.75, 3.05) is 0 Å². The van der Waals surface area contributed by atoms with Gasteiger partial charge in [0, 0.05) is 36.5 Å². The van der Waals surface area contributed by atoms with Gasteiger partial charge in [-0.25, -0.2) is 0 Å². The van der Waals surface area contributed by atoms with Gasteiger partial charge >= 0.3 is 0 Å². The van der Waals surface area contributed by atoms with Crippen LogP contribution in [0, 0.1) is 29.6 Å². The summed E-state index contributed by atoms with van der Waals surface area (Å²) in [4.78, 5) is 0. The van der Waals surface area contributed by atoms with Crippen LogP contribution in [0.15, 0.2) is 146 Å². The number of nitrogens with zero attached hydrogens (tertiary/aromatic N) is 3. The Labute approximate surface area is 287 Å². The predicted octanol–water partition coefficient (Wildman–Crippen LogP) is 12.2. The van der Waals surface area contributed by atoms with E-state index in [1.54, 1.807) is 0 Å². The third kappa shape index (κ3) is 4.62. The molecule has 0 saturated carbocycles. The molecule has 0 amide bonds. The minimum absolute atomic E-state index is 0.640. The number of fused-ring (bicyclic) bond motifs is 6. The number of para-hydroxylation sites is 3. The first-order valence-electron chi connectivity index (χ1n) is 16.2. The summed E-state index contributed by atoms with van der Waals surface area (Å²) in [6.45, 7) is 2.18. The molecule has 0 fully saturated rings. The highest BCUT2D eigenvalue weighted by molar-refractivity contribution is 7.25. The second-order valence-electron chi connectivity index (χ2n) is 12.4. The van der Waals surface area contributed by atoms with Gasteiger partial charge in [-0.1, -0.05) is 84.9 Å². The van der Waals surface area contributed by atoms with Crippen LogP contribution in [0.25, 0.3) is 81.0 Å². The number of benzene rings is 7. The summed E-state index contributed by atoms with van der Waals surface area (Å²) in [5, 5.41) is 24.6. The average molecular weight is 642 g/mol. The molecule has 0 radical (unpaired) electrons. The second kappa shape index (κ2) is 11.4. The summed E-state index contributed by atoms with van der Waals surface area (Å²) in [7, 11) is 0. The normalized spacial score (nSPS) is 11.3. The lowest BCUT2D eigenvalue weighted by molar-refractivity contribution is 1.17. The fraction of sp³-hybridized carbons (Fsp3) is 0.0222. The Bertz CT molecular complexity index is 2820. The standard InChI is InChI=1S/C45H27N3S/c1-28-21-39-40-24-33(35-16-8-13-34(27-47)45(35)48-41-17-4-2-14-36(41)37-15-3-5-18-42(37)48)19-20-43(40)49-44(39)25-38(28)32-12-7-11-31(23-32)30-10-6-9-29(22-30)26-46/h2-25H,1H3. The minimum Gasteiger partial charge on any atom is -0.307 e. The molecule has 3 nitrogen and oxygen atoms in total. The maximum absolute atomic E-state index is 10.4. The minimum atomic E-state index is 0.640. The molecule has 2 heterocycles. The molecule has 0 bridgehead atoms. The van der Waals surface area contributed by atoms with Gasteiger partial charge in [0.05, 0.1) is 33.9 Å². The Balaban J connectivity index is 1.20. The summed E-state index contributed by atoms with van der Waals surface area (Å²) in [6.07, 6.45) is 0. The van der Waals surface area contributed by atoms with Gasteiger partial charge in [0.25, 0.3) is 0 Å². The van der Waals surface area contributed by atoms with Crippen molar-refractivity contribution in [1.82, 2.24) is 4.57 Å². The molecular formula is C45H27N3S. The lowest BCUT2D eigenvalue weighted by Gasteiger charge is -2.16. The van der Waals surface area contributed by atoms with Crippen molar-refractivity contribution >= 4 is 53.3 Å². The molecule has 0 aliphatic heterocycles. The fourth-order valence-electron chi connectivity index (χ4n) is 7.32. The molecule has 49 heavy (non-hydrogen) atoms. The highest BCUT2D eigenvalue weighted by Gasteiger charge is 2.19. The van der Waals surface area contributed by atoms with Crippen LogP contribution in [0.5, 0.6) is 0 Å². The second-order valence-corrected chi connectivity index (χ2v) is 13.5. The Morgan fingerprint density at radius 1 is 0.490 bits per heavy atom. The molecule has 0 aliphatic carbocycles. The molecular weight excluding hydrogens is 615 g/mol. The van der Waals surface area contributed by atoms with Crippen molar-refractivity contribution in [3.8, 4) is 51.2 Å². The van der Waals surface area contributed by atoms with Gasteiger partial charge in [0.15, 0.2) is 0 Å². The van der Waals surface area contributed by atoms with E-state index in [-0.39, 0.29) is 0 Å². The van der Waals surface area contributed by atoms with Gasteiger partial charge in [0.2, 0.25) is 0 Å². The van der Waals surface area contributed by atoms with E-state index in [1.807, 2.05) is 41.7 Å². The first kappa shape index (κ1) is 28.7. The number of hydrogen-bond donors (Lipinski definition) is 0. The van der Waals surface area contributed by atoms with Crippen molar-refractivity contribution in [3.63, 3.8) is 0 Å². The van der Waals surface area contributed by atoms with Crippen molar-refractivity contribution < 1.29 is 0 Å². The number of nitriles is 2. The molecule has 9 rings (SSSR count). The smallest absolute Gasteiger partial charge is 0.101 e. The van der Waals surface area contributed by atoms with E-state index in [4.69, 9.17) is 0 Å². The molecule has 0 aliphatic rings. The summed E-state index contributed by atoms with van der Waals surface area (Å²) in [5.41, 5.74) is 12.2. The summed E-state index contributed by atoms with van der Waals surface area (Å²) >= 11 is 1.81. The molecule has 0 spiro atoms. The first-order valence-corrected chi connectivity index (χ1v) is 17.0. The zero-order valence-electron chi connectivity index (χ0n) is 26.6. The van der Waals surface area contributed by atoms with Gasteiger partial charge in [0.1, 0.15) is 6.07 Å². The Morgan fingerprint density at radius 3 is 1.90 bits per heavy atom. The molecule has 7 aromatic carbocycles. The van der Waals surface area contributed by atoms with Crippen LogP contribution in [0.3, 0.4) is 0 Å². The van der Waals surface area contributed by atoms with E-state index in [2.05, 4.69) is 139 Å². The summed E-state index contributed by atoms with van der Waals surface area (Å²) in [6, 6.07) is 55.4.